The molecule has 1 fully saturated rings. The third-order valence-electron chi connectivity index (χ3n) is 1.99. The van der Waals surface area contributed by atoms with Crippen molar-refractivity contribution >= 4 is 0 Å². The molecule has 1 N–H and O–H groups in total. The van der Waals surface area contributed by atoms with E-state index in [1.54, 1.807) is 0 Å². The zero-order valence-corrected chi connectivity index (χ0v) is 6.29. The monoisotopic (exact) mass is 141 g/mol. The Balaban J connectivity index is 2.32. The Hall–Kier alpha value is -0.500. The Morgan fingerprint density at radius 3 is 2.90 bits per heavy atom. The summed E-state index contributed by atoms with van der Waals surface area (Å²) < 4.78 is 0. The maximum absolute atomic E-state index is 9.24. The molecule has 1 aliphatic heterocycles. The maximum Gasteiger partial charge on any atom is 0.0557 e. The minimum absolute atomic E-state index is 0.0788. The molecule has 0 aromatic rings. The van der Waals surface area contributed by atoms with E-state index in [2.05, 4.69) is 11.5 Å². The van der Waals surface area contributed by atoms with Crippen molar-refractivity contribution < 1.29 is 5.11 Å². The second-order valence-corrected chi connectivity index (χ2v) is 2.80. The first-order valence-corrected chi connectivity index (χ1v) is 3.87. The molecule has 0 aromatic heterocycles. The zero-order chi connectivity index (χ0) is 7.40. The number of aliphatic hydroxyl groups excluding tert-OH is 1. The van der Waals surface area contributed by atoms with Gasteiger partial charge in [-0.2, -0.15) is 0 Å². The van der Waals surface area contributed by atoms with Crippen LogP contribution in [0.15, 0.2) is 12.8 Å². The number of hydrogen-bond donors (Lipinski definition) is 1. The number of hydrogen-bond acceptors (Lipinski definition) is 2. The lowest BCUT2D eigenvalue weighted by Crippen LogP contribution is -2.18. The molecule has 0 radical (unpaired) electrons. The smallest absolute Gasteiger partial charge is 0.0557 e. The summed E-state index contributed by atoms with van der Waals surface area (Å²) in [5.74, 6) is 0. The summed E-state index contributed by atoms with van der Waals surface area (Å²) in [5, 5.41) is 9.24. The largest absolute Gasteiger partial charge is 0.393 e. The van der Waals surface area contributed by atoms with E-state index >= 15 is 0 Å². The van der Waals surface area contributed by atoms with E-state index in [0.29, 0.717) is 0 Å². The van der Waals surface area contributed by atoms with Crippen LogP contribution in [0.1, 0.15) is 19.3 Å². The van der Waals surface area contributed by atoms with E-state index in [1.165, 1.54) is 0 Å². The van der Waals surface area contributed by atoms with Crippen molar-refractivity contribution in [3.05, 3.63) is 12.8 Å². The molecule has 0 aromatic carbocycles. The molecular weight excluding hydrogens is 126 g/mol. The van der Waals surface area contributed by atoms with Crippen LogP contribution >= 0.6 is 0 Å². The second-order valence-electron chi connectivity index (χ2n) is 2.80. The number of rotatable bonds is 1. The quantitative estimate of drug-likeness (QED) is 0.588. The Labute approximate surface area is 62.2 Å². The van der Waals surface area contributed by atoms with Gasteiger partial charge < -0.3 is 10.0 Å². The first-order chi connectivity index (χ1) is 4.83. The van der Waals surface area contributed by atoms with Crippen molar-refractivity contribution in [1.82, 2.24) is 4.90 Å². The van der Waals surface area contributed by atoms with Crippen LogP contribution in [-0.4, -0.2) is 29.2 Å². The topological polar surface area (TPSA) is 23.5 Å². The summed E-state index contributed by atoms with van der Waals surface area (Å²) in [7, 11) is 0. The lowest BCUT2D eigenvalue weighted by Gasteiger charge is -2.15. The molecule has 1 aliphatic rings. The first-order valence-electron chi connectivity index (χ1n) is 3.87. The van der Waals surface area contributed by atoms with Gasteiger partial charge in [0.2, 0.25) is 0 Å². The fourth-order valence-electron chi connectivity index (χ4n) is 1.28. The number of aliphatic hydroxyl groups is 1. The SMILES string of the molecule is C=CN1CCC[C@@H](O)CC1. The molecule has 58 valence electrons. The molecular formula is C8H15NO. The average Bonchev–Trinajstić information content (AvgIpc) is 2.14. The highest BCUT2D eigenvalue weighted by Crippen LogP contribution is 2.09. The van der Waals surface area contributed by atoms with Crippen molar-refractivity contribution in [1.29, 1.82) is 0 Å². The summed E-state index contributed by atoms with van der Waals surface area (Å²) in [6, 6.07) is 0. The number of nitrogens with zero attached hydrogens (tertiary/aromatic N) is 1. The van der Waals surface area contributed by atoms with Crippen molar-refractivity contribution in [3.63, 3.8) is 0 Å². The van der Waals surface area contributed by atoms with Crippen LogP contribution < -0.4 is 0 Å². The van der Waals surface area contributed by atoms with Crippen LogP contribution in [0.25, 0.3) is 0 Å². The van der Waals surface area contributed by atoms with Gasteiger partial charge in [-0.3, -0.25) is 0 Å². The minimum atomic E-state index is -0.0788. The molecule has 1 atom stereocenters. The van der Waals surface area contributed by atoms with Crippen molar-refractivity contribution in [2.75, 3.05) is 13.1 Å². The fraction of sp³-hybridized carbons (Fsp3) is 0.750. The Morgan fingerprint density at radius 2 is 2.20 bits per heavy atom. The van der Waals surface area contributed by atoms with E-state index in [4.69, 9.17) is 0 Å². The Kier molecular flexibility index (Phi) is 2.75. The van der Waals surface area contributed by atoms with E-state index < -0.39 is 0 Å². The molecule has 10 heavy (non-hydrogen) atoms. The lowest BCUT2D eigenvalue weighted by atomic mass is 10.2. The minimum Gasteiger partial charge on any atom is -0.393 e. The van der Waals surface area contributed by atoms with Crippen molar-refractivity contribution in [2.45, 2.75) is 25.4 Å². The molecule has 1 heterocycles. The second kappa shape index (κ2) is 3.62. The number of likely N-dealkylation sites (tertiary alicyclic amines) is 1. The average molecular weight is 141 g/mol. The van der Waals surface area contributed by atoms with Gasteiger partial charge in [0.05, 0.1) is 6.10 Å². The van der Waals surface area contributed by atoms with E-state index in [9.17, 15) is 5.11 Å². The van der Waals surface area contributed by atoms with Gasteiger partial charge in [-0.25, -0.2) is 0 Å². The van der Waals surface area contributed by atoms with E-state index in [-0.39, 0.29) is 6.10 Å². The van der Waals surface area contributed by atoms with Gasteiger partial charge in [-0.1, -0.05) is 6.58 Å². The van der Waals surface area contributed by atoms with Crippen LogP contribution in [0.5, 0.6) is 0 Å². The third-order valence-corrected chi connectivity index (χ3v) is 1.99. The van der Waals surface area contributed by atoms with E-state index in [0.717, 1.165) is 32.4 Å². The third kappa shape index (κ3) is 2.03. The van der Waals surface area contributed by atoms with Gasteiger partial charge >= 0.3 is 0 Å². The molecule has 2 nitrogen and oxygen atoms in total. The summed E-state index contributed by atoms with van der Waals surface area (Å²) in [6.07, 6.45) is 4.71. The molecule has 1 rings (SSSR count). The van der Waals surface area contributed by atoms with Gasteiger partial charge in [0.25, 0.3) is 0 Å². The Bertz CT molecular complexity index is 114. The predicted octanol–water partition coefficient (Wildman–Crippen LogP) is 0.977. The summed E-state index contributed by atoms with van der Waals surface area (Å²) in [6.45, 7) is 5.71. The molecule has 0 aliphatic carbocycles. The fourth-order valence-corrected chi connectivity index (χ4v) is 1.28. The van der Waals surface area contributed by atoms with Crippen LogP contribution in [0, 0.1) is 0 Å². The standard InChI is InChI=1S/C8H15NO/c1-2-9-6-3-4-8(10)5-7-9/h2,8,10H,1,3-7H2/t8-/m1/s1. The summed E-state index contributed by atoms with van der Waals surface area (Å²) >= 11 is 0. The maximum atomic E-state index is 9.24. The molecule has 2 heteroatoms. The normalized spacial score (nSPS) is 27.7. The van der Waals surface area contributed by atoms with Gasteiger partial charge in [0, 0.05) is 13.1 Å². The first kappa shape index (κ1) is 7.61. The van der Waals surface area contributed by atoms with Gasteiger partial charge in [-0.15, -0.1) is 0 Å². The highest BCUT2D eigenvalue weighted by molar-refractivity contribution is 4.75. The van der Waals surface area contributed by atoms with Crippen molar-refractivity contribution in [2.24, 2.45) is 0 Å². The predicted molar refractivity (Wildman–Crippen MR) is 41.6 cm³/mol. The lowest BCUT2D eigenvalue weighted by molar-refractivity contribution is 0.158. The van der Waals surface area contributed by atoms with Gasteiger partial charge in [-0.05, 0) is 25.5 Å². The van der Waals surface area contributed by atoms with Crippen LogP contribution in [-0.2, 0) is 0 Å². The summed E-state index contributed by atoms with van der Waals surface area (Å²) in [4.78, 5) is 2.16. The van der Waals surface area contributed by atoms with Crippen LogP contribution in [0.4, 0.5) is 0 Å². The van der Waals surface area contributed by atoms with E-state index in [1.807, 2.05) is 6.20 Å². The molecule has 0 saturated carbocycles. The zero-order valence-electron chi connectivity index (χ0n) is 6.29. The molecule has 1 saturated heterocycles. The van der Waals surface area contributed by atoms with Crippen LogP contribution in [0.2, 0.25) is 0 Å². The molecule has 0 amide bonds. The van der Waals surface area contributed by atoms with Crippen molar-refractivity contribution in [3.8, 4) is 0 Å². The van der Waals surface area contributed by atoms with Crippen LogP contribution in [0.3, 0.4) is 0 Å². The summed E-state index contributed by atoms with van der Waals surface area (Å²) in [5.41, 5.74) is 0. The molecule has 0 bridgehead atoms. The van der Waals surface area contributed by atoms with Gasteiger partial charge in [0.15, 0.2) is 0 Å². The highest BCUT2D eigenvalue weighted by Gasteiger charge is 2.10. The molecule has 0 spiro atoms. The Morgan fingerprint density at radius 1 is 1.40 bits per heavy atom. The molecule has 0 unspecified atom stereocenters. The highest BCUT2D eigenvalue weighted by atomic mass is 16.3. The van der Waals surface area contributed by atoms with Gasteiger partial charge in [0.1, 0.15) is 0 Å².